The number of hydrogen-bond donors (Lipinski definition) is 1. The van der Waals surface area contributed by atoms with Gasteiger partial charge in [0, 0.05) is 0 Å². The number of rotatable bonds is 3. The SMILES string of the molecule is CNC(c1occc1Br)C1C2CCCC21. The van der Waals surface area contributed by atoms with Gasteiger partial charge in [-0.3, -0.25) is 0 Å². The Morgan fingerprint density at radius 1 is 1.47 bits per heavy atom. The lowest BCUT2D eigenvalue weighted by atomic mass is 10.0. The highest BCUT2D eigenvalue weighted by Gasteiger charge is 2.56. The molecule has 3 heteroatoms. The van der Waals surface area contributed by atoms with Crippen molar-refractivity contribution in [3.63, 3.8) is 0 Å². The summed E-state index contributed by atoms with van der Waals surface area (Å²) in [7, 11) is 2.04. The Kier molecular flexibility index (Phi) is 2.40. The maximum absolute atomic E-state index is 5.57. The molecular weight excluding hydrogens is 254 g/mol. The Morgan fingerprint density at radius 3 is 2.73 bits per heavy atom. The average Bonchev–Trinajstić information content (AvgIpc) is 2.66. The first-order valence-electron chi connectivity index (χ1n) is 5.73. The van der Waals surface area contributed by atoms with Gasteiger partial charge in [0.2, 0.25) is 0 Å². The predicted octanol–water partition coefficient (Wildman–Crippen LogP) is 3.35. The molecule has 82 valence electrons. The van der Waals surface area contributed by atoms with Gasteiger partial charge < -0.3 is 9.73 Å². The van der Waals surface area contributed by atoms with Gasteiger partial charge in [-0.2, -0.15) is 0 Å². The number of halogens is 1. The van der Waals surface area contributed by atoms with Gasteiger partial charge in [0.25, 0.3) is 0 Å². The summed E-state index contributed by atoms with van der Waals surface area (Å²) in [5.74, 6) is 3.81. The minimum Gasteiger partial charge on any atom is -0.466 e. The molecule has 2 aliphatic carbocycles. The highest BCUT2D eigenvalue weighted by Crippen LogP contribution is 2.62. The van der Waals surface area contributed by atoms with Crippen LogP contribution in [0.1, 0.15) is 31.1 Å². The highest BCUT2D eigenvalue weighted by molar-refractivity contribution is 9.10. The fourth-order valence-corrected chi connectivity index (χ4v) is 3.85. The van der Waals surface area contributed by atoms with E-state index in [1.807, 2.05) is 13.1 Å². The van der Waals surface area contributed by atoms with Crippen LogP contribution in [0.4, 0.5) is 0 Å². The number of furan rings is 1. The van der Waals surface area contributed by atoms with E-state index < -0.39 is 0 Å². The van der Waals surface area contributed by atoms with E-state index in [0.29, 0.717) is 6.04 Å². The van der Waals surface area contributed by atoms with Gasteiger partial charge in [0.1, 0.15) is 5.76 Å². The van der Waals surface area contributed by atoms with Gasteiger partial charge in [0.05, 0.1) is 16.8 Å². The summed E-state index contributed by atoms with van der Waals surface area (Å²) in [5.41, 5.74) is 0. The zero-order valence-electron chi connectivity index (χ0n) is 8.87. The molecular formula is C12H16BrNO. The molecule has 3 rings (SSSR count). The van der Waals surface area contributed by atoms with Crippen molar-refractivity contribution < 1.29 is 4.42 Å². The minimum absolute atomic E-state index is 0.407. The molecule has 2 aliphatic rings. The van der Waals surface area contributed by atoms with E-state index in [0.717, 1.165) is 28.0 Å². The topological polar surface area (TPSA) is 25.2 Å². The summed E-state index contributed by atoms with van der Waals surface area (Å²) in [6, 6.07) is 2.39. The molecule has 1 aromatic rings. The fraction of sp³-hybridized carbons (Fsp3) is 0.667. The van der Waals surface area contributed by atoms with E-state index in [4.69, 9.17) is 4.42 Å². The highest BCUT2D eigenvalue weighted by atomic mass is 79.9. The summed E-state index contributed by atoms with van der Waals surface area (Å²) in [4.78, 5) is 0. The Morgan fingerprint density at radius 2 is 2.20 bits per heavy atom. The van der Waals surface area contributed by atoms with Gasteiger partial charge in [-0.05, 0) is 59.6 Å². The number of hydrogen-bond acceptors (Lipinski definition) is 2. The lowest BCUT2D eigenvalue weighted by molar-refractivity contribution is 0.365. The standard InChI is InChI=1S/C12H16BrNO/c1-14-11(12-9(13)5-6-15-12)10-7-3-2-4-8(7)10/h5-8,10-11,14H,2-4H2,1H3. The summed E-state index contributed by atoms with van der Waals surface area (Å²) in [5, 5.41) is 3.41. The van der Waals surface area contributed by atoms with E-state index in [2.05, 4.69) is 21.2 Å². The van der Waals surface area contributed by atoms with Crippen molar-refractivity contribution in [2.24, 2.45) is 17.8 Å². The van der Waals surface area contributed by atoms with Crippen LogP contribution in [0.15, 0.2) is 21.2 Å². The molecule has 2 saturated carbocycles. The molecule has 2 fully saturated rings. The lowest BCUT2D eigenvalue weighted by Gasteiger charge is -2.16. The van der Waals surface area contributed by atoms with Crippen LogP contribution >= 0.6 is 15.9 Å². The van der Waals surface area contributed by atoms with Gasteiger partial charge >= 0.3 is 0 Å². The third-order valence-corrected chi connectivity index (χ3v) is 4.75. The Hall–Kier alpha value is -0.280. The van der Waals surface area contributed by atoms with Gasteiger partial charge in [-0.15, -0.1) is 0 Å². The predicted molar refractivity (Wildman–Crippen MR) is 62.5 cm³/mol. The molecule has 0 saturated heterocycles. The van der Waals surface area contributed by atoms with Crippen LogP contribution in [-0.2, 0) is 0 Å². The summed E-state index contributed by atoms with van der Waals surface area (Å²) >= 11 is 3.55. The minimum atomic E-state index is 0.407. The Bertz CT molecular complexity index is 352. The first kappa shape index (κ1) is 9.91. The van der Waals surface area contributed by atoms with Crippen molar-refractivity contribution in [2.75, 3.05) is 7.05 Å². The zero-order chi connectivity index (χ0) is 10.4. The van der Waals surface area contributed by atoms with E-state index in [1.54, 1.807) is 6.26 Å². The summed E-state index contributed by atoms with van der Waals surface area (Å²) in [6.07, 6.45) is 6.04. The number of fused-ring (bicyclic) bond motifs is 1. The molecule has 3 atom stereocenters. The molecule has 0 bridgehead atoms. The van der Waals surface area contributed by atoms with E-state index >= 15 is 0 Å². The molecule has 0 aliphatic heterocycles. The van der Waals surface area contributed by atoms with E-state index in [1.165, 1.54) is 19.3 Å². The molecule has 3 unspecified atom stereocenters. The van der Waals surface area contributed by atoms with Gasteiger partial charge in [0.15, 0.2) is 0 Å². The van der Waals surface area contributed by atoms with Crippen LogP contribution in [-0.4, -0.2) is 7.05 Å². The van der Waals surface area contributed by atoms with Crippen molar-refractivity contribution in [1.29, 1.82) is 0 Å². The maximum atomic E-state index is 5.57. The summed E-state index contributed by atoms with van der Waals surface area (Å²) < 4.78 is 6.68. The first-order valence-corrected chi connectivity index (χ1v) is 6.52. The van der Waals surface area contributed by atoms with Gasteiger partial charge in [-0.25, -0.2) is 0 Å². The fourth-order valence-electron chi connectivity index (χ4n) is 3.40. The Labute approximate surface area is 98.6 Å². The van der Waals surface area contributed by atoms with Crippen LogP contribution in [0.25, 0.3) is 0 Å². The smallest absolute Gasteiger partial charge is 0.135 e. The third kappa shape index (κ3) is 1.48. The van der Waals surface area contributed by atoms with Crippen molar-refractivity contribution in [1.82, 2.24) is 5.32 Å². The van der Waals surface area contributed by atoms with Crippen molar-refractivity contribution in [2.45, 2.75) is 25.3 Å². The van der Waals surface area contributed by atoms with Crippen LogP contribution in [0.2, 0.25) is 0 Å². The first-order chi connectivity index (χ1) is 7.33. The lowest BCUT2D eigenvalue weighted by Crippen LogP contribution is -2.20. The van der Waals surface area contributed by atoms with E-state index in [9.17, 15) is 0 Å². The second-order valence-corrected chi connectivity index (χ2v) is 5.59. The molecule has 1 aromatic heterocycles. The zero-order valence-corrected chi connectivity index (χ0v) is 10.5. The number of nitrogens with one attached hydrogen (secondary N) is 1. The molecule has 0 spiro atoms. The largest absolute Gasteiger partial charge is 0.466 e. The summed E-state index contributed by atoms with van der Waals surface area (Å²) in [6.45, 7) is 0. The Balaban J connectivity index is 1.81. The van der Waals surface area contributed by atoms with Crippen molar-refractivity contribution >= 4 is 15.9 Å². The normalized spacial score (nSPS) is 35.2. The molecule has 0 radical (unpaired) electrons. The maximum Gasteiger partial charge on any atom is 0.135 e. The monoisotopic (exact) mass is 269 g/mol. The third-order valence-electron chi connectivity index (χ3n) is 4.10. The molecule has 1 heterocycles. The average molecular weight is 270 g/mol. The van der Waals surface area contributed by atoms with E-state index in [-0.39, 0.29) is 0 Å². The molecule has 0 aromatic carbocycles. The van der Waals surface area contributed by atoms with Crippen LogP contribution in [0.5, 0.6) is 0 Å². The van der Waals surface area contributed by atoms with Gasteiger partial charge in [-0.1, -0.05) is 6.42 Å². The second-order valence-electron chi connectivity index (χ2n) is 4.74. The van der Waals surface area contributed by atoms with Crippen LogP contribution < -0.4 is 5.32 Å². The second kappa shape index (κ2) is 3.63. The molecule has 2 nitrogen and oxygen atoms in total. The van der Waals surface area contributed by atoms with Crippen LogP contribution in [0, 0.1) is 17.8 Å². The molecule has 0 amide bonds. The van der Waals surface area contributed by atoms with Crippen LogP contribution in [0.3, 0.4) is 0 Å². The molecule has 1 N–H and O–H groups in total. The molecule has 15 heavy (non-hydrogen) atoms. The quantitative estimate of drug-likeness (QED) is 0.911. The van der Waals surface area contributed by atoms with Crippen molar-refractivity contribution in [3.8, 4) is 0 Å². The van der Waals surface area contributed by atoms with Crippen molar-refractivity contribution in [3.05, 3.63) is 22.6 Å².